The molecule has 1 aromatic carbocycles. The van der Waals surface area contributed by atoms with E-state index in [4.69, 9.17) is 15.4 Å². The normalized spacial score (nSPS) is 12.3. The van der Waals surface area contributed by atoms with E-state index in [0.717, 1.165) is 32.1 Å². The van der Waals surface area contributed by atoms with Crippen molar-refractivity contribution < 1.29 is 26.3 Å². The Hall–Kier alpha value is -0.950. The van der Waals surface area contributed by atoms with Gasteiger partial charge in [0.1, 0.15) is 5.75 Å². The van der Waals surface area contributed by atoms with Gasteiger partial charge in [0.15, 0.2) is 0 Å². The minimum atomic E-state index is -4.04. The maximum atomic E-state index is 11.9. The Morgan fingerprint density at radius 2 is 1.38 bits per heavy atom. The number of ether oxygens (including phenoxy) is 1. The fourth-order valence-corrected chi connectivity index (χ4v) is 2.97. The molecule has 0 spiro atoms. The van der Waals surface area contributed by atoms with Gasteiger partial charge in [-0.15, -0.1) is 0 Å². The van der Waals surface area contributed by atoms with Gasteiger partial charge in [-0.1, -0.05) is 32.1 Å². The third-order valence-corrected chi connectivity index (χ3v) is 4.85. The molecule has 3 nitrogen and oxygen atoms in total. The molecule has 0 heterocycles. The molecule has 1 aromatic rings. The van der Waals surface area contributed by atoms with Gasteiger partial charge in [0, 0.05) is 17.1 Å². The molecule has 8 heteroatoms. The van der Waals surface area contributed by atoms with E-state index < -0.39 is 21.6 Å². The quantitative estimate of drug-likeness (QED) is 0.363. The van der Waals surface area contributed by atoms with Gasteiger partial charge in [-0.3, -0.25) is 0 Å². The van der Waals surface area contributed by atoms with Crippen LogP contribution in [0.1, 0.15) is 51.4 Å². The molecule has 0 saturated carbocycles. The van der Waals surface area contributed by atoms with Crippen LogP contribution in [0.2, 0.25) is 0 Å². The Morgan fingerprint density at radius 3 is 1.88 bits per heavy atom. The van der Waals surface area contributed by atoms with Crippen LogP contribution in [0.4, 0.5) is 13.2 Å². The molecule has 0 bridgehead atoms. The highest BCUT2D eigenvalue weighted by molar-refractivity contribution is 8.13. The fourth-order valence-electron chi connectivity index (χ4n) is 2.20. The van der Waals surface area contributed by atoms with Crippen LogP contribution in [-0.4, -0.2) is 21.2 Å². The summed E-state index contributed by atoms with van der Waals surface area (Å²) in [5, 5.41) is 0. The number of hydrogen-bond acceptors (Lipinski definition) is 3. The Kier molecular flexibility index (Phi) is 8.91. The third-order valence-electron chi connectivity index (χ3n) is 3.48. The van der Waals surface area contributed by atoms with Crippen molar-refractivity contribution in [2.45, 2.75) is 62.4 Å². The number of rotatable bonds is 11. The summed E-state index contributed by atoms with van der Waals surface area (Å²) < 4.78 is 63.5. The third kappa shape index (κ3) is 10.0. The zero-order valence-electron chi connectivity index (χ0n) is 13.3. The molecule has 1 rings (SSSR count). The van der Waals surface area contributed by atoms with Crippen molar-refractivity contribution in [2.75, 3.05) is 6.61 Å². The monoisotopic (exact) mass is 386 g/mol. The lowest BCUT2D eigenvalue weighted by Gasteiger charge is -2.07. The van der Waals surface area contributed by atoms with Gasteiger partial charge in [0.05, 0.1) is 11.5 Å². The number of benzene rings is 1. The number of halogens is 4. The van der Waals surface area contributed by atoms with Crippen LogP contribution < -0.4 is 4.74 Å². The van der Waals surface area contributed by atoms with Crippen LogP contribution in [0.5, 0.6) is 5.75 Å². The molecule has 0 amide bonds. The lowest BCUT2D eigenvalue weighted by Crippen LogP contribution is -2.06. The Labute approximate surface area is 145 Å². The smallest absolute Gasteiger partial charge is 0.389 e. The Morgan fingerprint density at radius 1 is 0.875 bits per heavy atom. The number of hydrogen-bond donors (Lipinski definition) is 0. The molecule has 0 fully saturated rings. The van der Waals surface area contributed by atoms with E-state index in [-0.39, 0.29) is 11.3 Å². The lowest BCUT2D eigenvalue weighted by molar-refractivity contribution is -0.135. The average molecular weight is 387 g/mol. The van der Waals surface area contributed by atoms with Crippen LogP contribution in [0.25, 0.3) is 0 Å². The SMILES string of the molecule is O=S(=O)(Cl)c1ccc(OCCCCCCCCCC(F)(F)F)cc1. The van der Waals surface area contributed by atoms with Crippen molar-refractivity contribution in [1.82, 2.24) is 0 Å². The Bertz CT molecular complexity index is 571. The summed E-state index contributed by atoms with van der Waals surface area (Å²) in [4.78, 5) is 0.0297. The minimum absolute atomic E-state index is 0.0297. The summed E-state index contributed by atoms with van der Waals surface area (Å²) in [5.41, 5.74) is 0. The van der Waals surface area contributed by atoms with Gasteiger partial charge in [-0.05, 0) is 37.1 Å². The summed E-state index contributed by atoms with van der Waals surface area (Å²) >= 11 is 0. The summed E-state index contributed by atoms with van der Waals surface area (Å²) in [5.74, 6) is 0.575. The molecular formula is C16H22ClF3O3S. The second-order valence-corrected chi connectivity index (χ2v) is 8.16. The maximum Gasteiger partial charge on any atom is 0.389 e. The van der Waals surface area contributed by atoms with Gasteiger partial charge in [-0.2, -0.15) is 13.2 Å². The van der Waals surface area contributed by atoms with Gasteiger partial charge in [0.2, 0.25) is 0 Å². The first-order chi connectivity index (χ1) is 11.2. The second kappa shape index (κ2) is 10.1. The molecule has 0 unspecified atom stereocenters. The predicted octanol–water partition coefficient (Wildman–Crippen LogP) is 5.68. The predicted molar refractivity (Wildman–Crippen MR) is 88.0 cm³/mol. The zero-order chi connectivity index (χ0) is 18.1. The maximum absolute atomic E-state index is 11.9. The second-order valence-electron chi connectivity index (χ2n) is 5.60. The van der Waals surface area contributed by atoms with E-state index >= 15 is 0 Å². The highest BCUT2D eigenvalue weighted by atomic mass is 35.7. The van der Waals surface area contributed by atoms with Crippen LogP contribution in [0.3, 0.4) is 0 Å². The van der Waals surface area contributed by atoms with Crippen molar-refractivity contribution in [3.8, 4) is 5.75 Å². The van der Waals surface area contributed by atoms with E-state index in [0.29, 0.717) is 18.8 Å². The Balaban J connectivity index is 2.03. The lowest BCUT2D eigenvalue weighted by atomic mass is 10.1. The largest absolute Gasteiger partial charge is 0.494 e. The van der Waals surface area contributed by atoms with Crippen LogP contribution >= 0.6 is 10.7 Å². The number of alkyl halides is 3. The van der Waals surface area contributed by atoms with E-state index in [1.165, 1.54) is 12.1 Å². The first kappa shape index (κ1) is 21.1. The molecule has 0 aliphatic rings. The van der Waals surface area contributed by atoms with Crippen molar-refractivity contribution in [3.05, 3.63) is 24.3 Å². The minimum Gasteiger partial charge on any atom is -0.494 e. The highest BCUT2D eigenvalue weighted by Crippen LogP contribution is 2.23. The van der Waals surface area contributed by atoms with Crippen LogP contribution in [-0.2, 0) is 9.05 Å². The molecular weight excluding hydrogens is 365 g/mol. The van der Waals surface area contributed by atoms with E-state index in [1.54, 1.807) is 12.1 Å². The first-order valence-electron chi connectivity index (χ1n) is 7.93. The first-order valence-corrected chi connectivity index (χ1v) is 10.2. The number of unbranched alkanes of at least 4 members (excludes halogenated alkanes) is 6. The van der Waals surface area contributed by atoms with E-state index in [9.17, 15) is 21.6 Å². The summed E-state index contributed by atoms with van der Waals surface area (Å²) in [6.07, 6.45) is 0.621. The molecule has 0 radical (unpaired) electrons. The average Bonchev–Trinajstić information content (AvgIpc) is 2.47. The molecule has 24 heavy (non-hydrogen) atoms. The summed E-state index contributed by atoms with van der Waals surface area (Å²) in [7, 11) is 1.50. The summed E-state index contributed by atoms with van der Waals surface area (Å²) in [6, 6.07) is 5.88. The molecule has 0 N–H and O–H groups in total. The molecule has 0 aromatic heterocycles. The van der Waals surface area contributed by atoms with Crippen molar-refractivity contribution in [2.24, 2.45) is 0 Å². The van der Waals surface area contributed by atoms with Crippen molar-refractivity contribution in [1.29, 1.82) is 0 Å². The van der Waals surface area contributed by atoms with E-state index in [1.807, 2.05) is 0 Å². The molecule has 0 aliphatic heterocycles. The molecule has 138 valence electrons. The van der Waals surface area contributed by atoms with Gasteiger partial charge >= 0.3 is 6.18 Å². The highest BCUT2D eigenvalue weighted by Gasteiger charge is 2.25. The van der Waals surface area contributed by atoms with Crippen molar-refractivity contribution >= 4 is 19.7 Å². The topological polar surface area (TPSA) is 43.4 Å². The fraction of sp³-hybridized carbons (Fsp3) is 0.625. The van der Waals surface area contributed by atoms with Crippen molar-refractivity contribution in [3.63, 3.8) is 0 Å². The van der Waals surface area contributed by atoms with Crippen LogP contribution in [0.15, 0.2) is 29.2 Å². The zero-order valence-corrected chi connectivity index (χ0v) is 14.9. The van der Waals surface area contributed by atoms with Gasteiger partial charge in [-0.25, -0.2) is 8.42 Å². The molecule has 0 saturated heterocycles. The molecule has 0 atom stereocenters. The van der Waals surface area contributed by atoms with Gasteiger partial charge in [0.25, 0.3) is 9.05 Å². The van der Waals surface area contributed by atoms with E-state index in [2.05, 4.69) is 0 Å². The standard InChI is InChI=1S/C16H22ClF3O3S/c17-24(21,22)15-10-8-14(9-11-15)23-13-7-5-3-1-2-4-6-12-16(18,19)20/h8-11H,1-7,12-13H2. The molecule has 0 aliphatic carbocycles. The van der Waals surface area contributed by atoms with Crippen LogP contribution in [0, 0.1) is 0 Å². The van der Waals surface area contributed by atoms with Gasteiger partial charge < -0.3 is 4.74 Å². The summed E-state index contributed by atoms with van der Waals surface area (Å²) in [6.45, 7) is 0.515.